The first-order valence-corrected chi connectivity index (χ1v) is 10.4. The molecule has 1 aromatic rings. The van der Waals surface area contributed by atoms with Crippen LogP contribution in [0.2, 0.25) is 0 Å². The highest BCUT2D eigenvalue weighted by molar-refractivity contribution is 7.91. The number of rotatable bonds is 7. The molecule has 0 aromatic heterocycles. The maximum Gasteiger partial charge on any atom is 0.338 e. The summed E-state index contributed by atoms with van der Waals surface area (Å²) in [6.45, 7) is 3.19. The molecule has 1 heterocycles. The molecule has 0 N–H and O–H groups in total. The monoisotopic (exact) mass is 398 g/mol. The summed E-state index contributed by atoms with van der Waals surface area (Å²) in [5.74, 6) is -1.28. The molecule has 0 spiro atoms. The van der Waals surface area contributed by atoms with Crippen molar-refractivity contribution in [3.8, 4) is 0 Å². The second-order valence-corrected chi connectivity index (χ2v) is 8.72. The molecular formula is C17H22N2O7S. The number of carbonyl (C=O) groups excluding carboxylic acids is 2. The summed E-state index contributed by atoms with van der Waals surface area (Å²) < 4.78 is 28.5. The minimum Gasteiger partial charge on any atom is -0.452 e. The van der Waals surface area contributed by atoms with Crippen LogP contribution in [0.1, 0.15) is 37.0 Å². The summed E-state index contributed by atoms with van der Waals surface area (Å²) in [5.41, 5.74) is -0.0695. The Bertz CT molecular complexity index is 820. The number of hydrogen-bond donors (Lipinski definition) is 0. The van der Waals surface area contributed by atoms with Crippen LogP contribution < -0.4 is 0 Å². The van der Waals surface area contributed by atoms with Gasteiger partial charge in [0.2, 0.25) is 0 Å². The van der Waals surface area contributed by atoms with E-state index in [4.69, 9.17) is 4.74 Å². The number of amides is 1. The molecule has 1 aromatic carbocycles. The third kappa shape index (κ3) is 5.25. The van der Waals surface area contributed by atoms with E-state index in [0.717, 1.165) is 0 Å². The largest absolute Gasteiger partial charge is 0.452 e. The van der Waals surface area contributed by atoms with E-state index in [9.17, 15) is 28.1 Å². The Morgan fingerprint density at radius 3 is 2.44 bits per heavy atom. The van der Waals surface area contributed by atoms with Gasteiger partial charge in [-0.05, 0) is 31.9 Å². The SMILES string of the molecule is CC[C@H](C)N(C(=O)COC(=O)c1ccc([N+](=O)[O-])cc1)[C@H]1CCS(=O)(=O)C1. The van der Waals surface area contributed by atoms with E-state index in [1.165, 1.54) is 29.2 Å². The van der Waals surface area contributed by atoms with E-state index in [1.54, 1.807) is 0 Å². The predicted molar refractivity (Wildman–Crippen MR) is 97.0 cm³/mol. The molecule has 0 radical (unpaired) electrons. The van der Waals surface area contributed by atoms with E-state index < -0.39 is 39.3 Å². The highest BCUT2D eigenvalue weighted by Gasteiger charge is 2.36. The lowest BCUT2D eigenvalue weighted by molar-refractivity contribution is -0.384. The van der Waals surface area contributed by atoms with E-state index in [-0.39, 0.29) is 28.8 Å². The zero-order valence-electron chi connectivity index (χ0n) is 15.2. The Morgan fingerprint density at radius 1 is 1.33 bits per heavy atom. The molecule has 1 aliphatic heterocycles. The van der Waals surface area contributed by atoms with Gasteiger partial charge in [-0.3, -0.25) is 14.9 Å². The molecule has 0 bridgehead atoms. The molecule has 2 atom stereocenters. The van der Waals surface area contributed by atoms with Gasteiger partial charge in [0.05, 0.1) is 22.0 Å². The van der Waals surface area contributed by atoms with E-state index >= 15 is 0 Å². The zero-order valence-corrected chi connectivity index (χ0v) is 16.0. The highest BCUT2D eigenvalue weighted by Crippen LogP contribution is 2.21. The van der Waals surface area contributed by atoms with Crippen LogP contribution in [0.25, 0.3) is 0 Å². The van der Waals surface area contributed by atoms with E-state index in [2.05, 4.69) is 0 Å². The van der Waals surface area contributed by atoms with E-state index in [1.807, 2.05) is 13.8 Å². The number of esters is 1. The molecule has 1 saturated heterocycles. The number of nitro groups is 1. The van der Waals surface area contributed by atoms with Crippen LogP contribution in [-0.4, -0.2) is 60.3 Å². The zero-order chi connectivity index (χ0) is 20.2. The van der Waals surface area contributed by atoms with Gasteiger partial charge in [-0.1, -0.05) is 6.92 Å². The van der Waals surface area contributed by atoms with Crippen molar-refractivity contribution in [2.24, 2.45) is 0 Å². The molecular weight excluding hydrogens is 376 g/mol. The van der Waals surface area contributed by atoms with Gasteiger partial charge < -0.3 is 9.64 Å². The Kier molecular flexibility index (Phi) is 6.53. The summed E-state index contributed by atoms with van der Waals surface area (Å²) in [6.07, 6.45) is 1.01. The van der Waals surface area contributed by atoms with Crippen molar-refractivity contribution in [1.29, 1.82) is 0 Å². The minimum absolute atomic E-state index is 0.0421. The summed E-state index contributed by atoms with van der Waals surface area (Å²) in [7, 11) is -3.16. The number of non-ortho nitro benzene ring substituents is 1. The second-order valence-electron chi connectivity index (χ2n) is 6.50. The van der Waals surface area contributed by atoms with Crippen molar-refractivity contribution in [2.75, 3.05) is 18.1 Å². The normalized spacial score (nSPS) is 19.3. The number of benzene rings is 1. The van der Waals surface area contributed by atoms with Crippen LogP contribution in [-0.2, 0) is 19.4 Å². The summed E-state index contributed by atoms with van der Waals surface area (Å²) in [5, 5.41) is 10.6. The Labute approximate surface area is 157 Å². The average molecular weight is 398 g/mol. The van der Waals surface area contributed by atoms with Gasteiger partial charge >= 0.3 is 5.97 Å². The van der Waals surface area contributed by atoms with Crippen LogP contribution in [0.5, 0.6) is 0 Å². The van der Waals surface area contributed by atoms with Crippen molar-refractivity contribution in [2.45, 2.75) is 38.8 Å². The van der Waals surface area contributed by atoms with Gasteiger partial charge in [-0.2, -0.15) is 0 Å². The van der Waals surface area contributed by atoms with Crippen molar-refractivity contribution in [3.63, 3.8) is 0 Å². The molecule has 1 amide bonds. The molecule has 148 valence electrons. The van der Waals surface area contributed by atoms with Gasteiger partial charge in [0.25, 0.3) is 11.6 Å². The number of nitrogens with zero attached hydrogens (tertiary/aromatic N) is 2. The van der Waals surface area contributed by atoms with Crippen LogP contribution in [0, 0.1) is 10.1 Å². The molecule has 0 saturated carbocycles. The Balaban J connectivity index is 2.02. The van der Waals surface area contributed by atoms with Crippen LogP contribution in [0.3, 0.4) is 0 Å². The third-order valence-electron chi connectivity index (χ3n) is 4.60. The first-order valence-electron chi connectivity index (χ1n) is 8.57. The summed E-state index contributed by atoms with van der Waals surface area (Å²) in [6, 6.07) is 4.24. The summed E-state index contributed by atoms with van der Waals surface area (Å²) >= 11 is 0. The molecule has 27 heavy (non-hydrogen) atoms. The second kappa shape index (κ2) is 8.47. The lowest BCUT2D eigenvalue weighted by atomic mass is 10.1. The van der Waals surface area contributed by atoms with Crippen molar-refractivity contribution >= 4 is 27.4 Å². The minimum atomic E-state index is -3.16. The highest BCUT2D eigenvalue weighted by atomic mass is 32.2. The van der Waals surface area contributed by atoms with Crippen LogP contribution in [0.4, 0.5) is 5.69 Å². The number of sulfone groups is 1. The van der Waals surface area contributed by atoms with Crippen LogP contribution >= 0.6 is 0 Å². The summed E-state index contributed by atoms with van der Waals surface area (Å²) in [4.78, 5) is 36.2. The molecule has 2 rings (SSSR count). The lowest BCUT2D eigenvalue weighted by Gasteiger charge is -2.33. The molecule has 10 heteroatoms. The van der Waals surface area contributed by atoms with Crippen molar-refractivity contribution in [3.05, 3.63) is 39.9 Å². The van der Waals surface area contributed by atoms with Crippen molar-refractivity contribution in [1.82, 2.24) is 4.90 Å². The first-order chi connectivity index (χ1) is 12.6. The van der Waals surface area contributed by atoms with Gasteiger partial charge in [0.15, 0.2) is 16.4 Å². The number of hydrogen-bond acceptors (Lipinski definition) is 7. The quantitative estimate of drug-likeness (QED) is 0.388. The Morgan fingerprint density at radius 2 is 1.96 bits per heavy atom. The topological polar surface area (TPSA) is 124 Å². The molecule has 0 unspecified atom stereocenters. The van der Waals surface area contributed by atoms with E-state index in [0.29, 0.717) is 12.8 Å². The fourth-order valence-electron chi connectivity index (χ4n) is 3.01. The third-order valence-corrected chi connectivity index (χ3v) is 6.35. The van der Waals surface area contributed by atoms with Gasteiger partial charge in [-0.15, -0.1) is 0 Å². The fourth-order valence-corrected chi connectivity index (χ4v) is 4.72. The Hall–Kier alpha value is -2.49. The smallest absolute Gasteiger partial charge is 0.338 e. The molecule has 1 fully saturated rings. The molecule has 1 aliphatic rings. The lowest BCUT2D eigenvalue weighted by Crippen LogP contribution is -2.48. The molecule has 9 nitrogen and oxygen atoms in total. The van der Waals surface area contributed by atoms with Gasteiger partial charge in [-0.25, -0.2) is 13.2 Å². The maximum absolute atomic E-state index is 12.6. The fraction of sp³-hybridized carbons (Fsp3) is 0.529. The maximum atomic E-state index is 12.6. The van der Waals surface area contributed by atoms with Gasteiger partial charge in [0, 0.05) is 24.2 Å². The standard InChI is InChI=1S/C17H22N2O7S/c1-3-12(2)18(15-8-9-27(24,25)11-15)16(20)10-26-17(21)13-4-6-14(7-5-13)19(22)23/h4-7,12,15H,3,8-11H2,1-2H3/t12-,15-/m0/s1. The predicted octanol–water partition coefficient (Wildman–Crippen LogP) is 1.57. The van der Waals surface area contributed by atoms with Crippen molar-refractivity contribution < 1.29 is 27.7 Å². The van der Waals surface area contributed by atoms with Gasteiger partial charge in [0.1, 0.15) is 0 Å². The number of carbonyl (C=O) groups is 2. The first kappa shape index (κ1) is 20.8. The molecule has 0 aliphatic carbocycles. The van der Waals surface area contributed by atoms with Crippen LogP contribution in [0.15, 0.2) is 24.3 Å². The number of ether oxygens (including phenoxy) is 1. The number of nitro benzene ring substituents is 1. The average Bonchev–Trinajstić information content (AvgIpc) is 2.99.